The average Bonchev–Trinajstić information content (AvgIpc) is 3.18. The molecule has 0 bridgehead atoms. The van der Waals surface area contributed by atoms with Gasteiger partial charge in [0.2, 0.25) is 0 Å². The van der Waals surface area contributed by atoms with Crippen molar-refractivity contribution >= 4 is 33.0 Å². The van der Waals surface area contributed by atoms with Gasteiger partial charge in [-0.3, -0.25) is 0 Å². The summed E-state index contributed by atoms with van der Waals surface area (Å²) in [4.78, 5) is 12.5. The Kier molecular flexibility index (Phi) is 4.42. The van der Waals surface area contributed by atoms with Gasteiger partial charge in [-0.25, -0.2) is 14.1 Å². The van der Waals surface area contributed by atoms with Crippen LogP contribution in [0.25, 0.3) is 0 Å². The third-order valence-corrected chi connectivity index (χ3v) is 8.12. The Hall–Kier alpha value is -1.74. The number of rotatable bonds is 3. The smallest absolute Gasteiger partial charge is 0.354 e. The SMILES string of the molecule is CC(C)(O)c1csc([S@](N)(=O)=NC(=O)Nc2c3c(cc4c2CC4)CCC3)c1. The fraction of sp³-hybridized carbons (Fsp3) is 0.421. The molecule has 0 radical (unpaired) electrons. The number of nitrogens with zero attached hydrogens (tertiary/aromatic N) is 1. The van der Waals surface area contributed by atoms with Crippen LogP contribution in [0.15, 0.2) is 26.1 Å². The number of fused-ring (bicyclic) bond motifs is 2. The van der Waals surface area contributed by atoms with E-state index in [2.05, 4.69) is 15.7 Å². The summed E-state index contributed by atoms with van der Waals surface area (Å²) < 4.78 is 16.9. The molecular weight excluding hydrogens is 382 g/mol. The lowest BCUT2D eigenvalue weighted by molar-refractivity contribution is 0.0789. The number of carbonyl (C=O) groups excluding carboxylic acids is 1. The molecule has 0 aliphatic heterocycles. The Morgan fingerprint density at radius 1 is 1.22 bits per heavy atom. The number of hydrogen-bond acceptors (Lipinski definition) is 4. The number of anilines is 1. The first-order valence-electron chi connectivity index (χ1n) is 8.99. The standard InChI is InChI=1S/C19H23N3O3S2/c1-19(2,24)13-9-16(26-10-13)27(20,25)22-18(23)21-17-14-5-3-4-11(14)8-12-6-7-15(12)17/h8-10,24H,3-7H2,1-2H3,(H3,20,21,22,23,25)/t27-/m1/s1. The number of nitrogens with two attached hydrogens (primary N) is 1. The molecule has 2 aliphatic carbocycles. The van der Waals surface area contributed by atoms with E-state index < -0.39 is 21.5 Å². The molecule has 1 atom stereocenters. The van der Waals surface area contributed by atoms with Gasteiger partial charge in [0.25, 0.3) is 0 Å². The van der Waals surface area contributed by atoms with E-state index in [-0.39, 0.29) is 4.21 Å². The number of aliphatic hydroxyl groups is 1. The van der Waals surface area contributed by atoms with Gasteiger partial charge in [0, 0.05) is 5.69 Å². The molecule has 4 N–H and O–H groups in total. The Morgan fingerprint density at radius 3 is 2.56 bits per heavy atom. The summed E-state index contributed by atoms with van der Waals surface area (Å²) in [5, 5.41) is 20.5. The van der Waals surface area contributed by atoms with Crippen molar-refractivity contribution in [3.05, 3.63) is 45.3 Å². The zero-order chi connectivity index (χ0) is 19.4. The molecule has 4 rings (SSSR count). The summed E-state index contributed by atoms with van der Waals surface area (Å²) in [6.45, 7) is 3.27. The lowest BCUT2D eigenvalue weighted by atomic mass is 9.83. The van der Waals surface area contributed by atoms with Crippen molar-refractivity contribution in [3.63, 3.8) is 0 Å². The van der Waals surface area contributed by atoms with E-state index in [0.717, 1.165) is 49.1 Å². The predicted molar refractivity (Wildman–Crippen MR) is 107 cm³/mol. The number of carbonyl (C=O) groups is 1. The Balaban J connectivity index is 1.63. The number of thiophene rings is 1. The van der Waals surface area contributed by atoms with E-state index in [9.17, 15) is 14.1 Å². The largest absolute Gasteiger partial charge is 0.386 e. The van der Waals surface area contributed by atoms with Gasteiger partial charge in [-0.1, -0.05) is 6.07 Å². The topological polar surface area (TPSA) is 105 Å². The Morgan fingerprint density at radius 2 is 1.93 bits per heavy atom. The van der Waals surface area contributed by atoms with Crippen LogP contribution < -0.4 is 10.5 Å². The first-order chi connectivity index (χ1) is 12.6. The summed E-state index contributed by atoms with van der Waals surface area (Å²) in [7, 11) is -3.37. The van der Waals surface area contributed by atoms with E-state index in [4.69, 9.17) is 5.14 Å². The van der Waals surface area contributed by atoms with Crippen LogP contribution in [0.4, 0.5) is 10.5 Å². The van der Waals surface area contributed by atoms with Crippen LogP contribution in [0.5, 0.6) is 0 Å². The molecule has 2 amide bonds. The minimum atomic E-state index is -3.37. The van der Waals surface area contributed by atoms with Crippen LogP contribution >= 0.6 is 11.3 Å². The molecule has 2 aliphatic rings. The summed E-state index contributed by atoms with van der Waals surface area (Å²) in [5.41, 5.74) is 5.30. The minimum absolute atomic E-state index is 0.279. The average molecular weight is 406 g/mol. The van der Waals surface area contributed by atoms with Crippen LogP contribution in [0.1, 0.15) is 48.1 Å². The molecule has 1 aromatic heterocycles. The molecule has 144 valence electrons. The highest BCUT2D eigenvalue weighted by Crippen LogP contribution is 2.39. The van der Waals surface area contributed by atoms with E-state index in [1.807, 2.05) is 0 Å². The third kappa shape index (κ3) is 3.42. The van der Waals surface area contributed by atoms with Gasteiger partial charge < -0.3 is 10.4 Å². The molecule has 1 heterocycles. The monoisotopic (exact) mass is 405 g/mol. The van der Waals surface area contributed by atoms with Crippen molar-refractivity contribution in [2.45, 2.75) is 55.8 Å². The zero-order valence-corrected chi connectivity index (χ0v) is 17.0. The maximum atomic E-state index is 12.8. The van der Waals surface area contributed by atoms with Crippen molar-refractivity contribution in [2.24, 2.45) is 9.50 Å². The van der Waals surface area contributed by atoms with Crippen molar-refractivity contribution in [3.8, 4) is 0 Å². The second kappa shape index (κ2) is 6.41. The van der Waals surface area contributed by atoms with Gasteiger partial charge in [-0.2, -0.15) is 0 Å². The Bertz CT molecular complexity index is 1060. The predicted octanol–water partition coefficient (Wildman–Crippen LogP) is 3.50. The van der Waals surface area contributed by atoms with Gasteiger partial charge in [0.05, 0.1) is 5.60 Å². The minimum Gasteiger partial charge on any atom is -0.386 e. The maximum Gasteiger partial charge on any atom is 0.354 e. The number of benzene rings is 1. The fourth-order valence-electron chi connectivity index (χ4n) is 3.68. The summed E-state index contributed by atoms with van der Waals surface area (Å²) >= 11 is 1.13. The van der Waals surface area contributed by atoms with Gasteiger partial charge in [0.1, 0.15) is 4.21 Å². The van der Waals surface area contributed by atoms with E-state index in [1.54, 1.807) is 25.3 Å². The maximum absolute atomic E-state index is 12.8. The second-order valence-corrected chi connectivity index (χ2v) is 10.6. The lowest BCUT2D eigenvalue weighted by Gasteiger charge is -2.25. The van der Waals surface area contributed by atoms with Crippen LogP contribution in [-0.4, -0.2) is 15.3 Å². The molecule has 27 heavy (non-hydrogen) atoms. The molecule has 0 unspecified atom stereocenters. The third-order valence-electron chi connectivity index (χ3n) is 5.27. The van der Waals surface area contributed by atoms with Crippen molar-refractivity contribution in [1.29, 1.82) is 0 Å². The van der Waals surface area contributed by atoms with Gasteiger partial charge in [-0.15, -0.1) is 15.7 Å². The summed E-state index contributed by atoms with van der Waals surface area (Å²) in [6.07, 6.45) is 5.03. The molecule has 1 aromatic carbocycles. The van der Waals surface area contributed by atoms with Crippen LogP contribution in [0, 0.1) is 0 Å². The number of aryl methyl sites for hydroxylation is 2. The Labute approximate surface area is 163 Å². The zero-order valence-electron chi connectivity index (χ0n) is 15.4. The molecular formula is C19H23N3O3S2. The van der Waals surface area contributed by atoms with Crippen molar-refractivity contribution < 1.29 is 14.1 Å². The molecule has 0 fully saturated rings. The molecule has 8 heteroatoms. The molecule has 6 nitrogen and oxygen atoms in total. The number of hydrogen-bond donors (Lipinski definition) is 3. The number of urea groups is 1. The van der Waals surface area contributed by atoms with Crippen LogP contribution in [-0.2, 0) is 41.2 Å². The van der Waals surface area contributed by atoms with E-state index >= 15 is 0 Å². The van der Waals surface area contributed by atoms with Crippen molar-refractivity contribution in [2.75, 3.05) is 5.32 Å². The summed E-state index contributed by atoms with van der Waals surface area (Å²) in [5.74, 6) is 0. The van der Waals surface area contributed by atoms with E-state index in [0.29, 0.717) is 5.56 Å². The van der Waals surface area contributed by atoms with Crippen LogP contribution in [0.2, 0.25) is 0 Å². The van der Waals surface area contributed by atoms with Gasteiger partial charge in [-0.05, 0) is 85.2 Å². The normalized spacial score (nSPS) is 17.5. The second-order valence-electron chi connectivity index (χ2n) is 7.68. The van der Waals surface area contributed by atoms with Gasteiger partial charge in [0.15, 0.2) is 9.92 Å². The lowest BCUT2D eigenvalue weighted by Crippen LogP contribution is -2.21. The highest BCUT2D eigenvalue weighted by atomic mass is 32.2. The number of nitrogens with one attached hydrogen (secondary N) is 1. The highest BCUT2D eigenvalue weighted by Gasteiger charge is 2.27. The molecule has 0 saturated heterocycles. The van der Waals surface area contributed by atoms with Crippen molar-refractivity contribution in [1.82, 2.24) is 0 Å². The summed E-state index contributed by atoms with van der Waals surface area (Å²) in [6, 6.07) is 3.12. The first kappa shape index (κ1) is 18.6. The van der Waals surface area contributed by atoms with E-state index in [1.165, 1.54) is 22.3 Å². The van der Waals surface area contributed by atoms with Gasteiger partial charge >= 0.3 is 6.03 Å². The van der Waals surface area contributed by atoms with Crippen LogP contribution in [0.3, 0.4) is 0 Å². The highest BCUT2D eigenvalue weighted by molar-refractivity contribution is 7.93. The quantitative estimate of drug-likeness (QED) is 0.728. The first-order valence-corrected chi connectivity index (χ1v) is 11.4. The molecule has 0 saturated carbocycles. The molecule has 0 spiro atoms. The number of amides is 2. The molecule has 2 aromatic rings. The fourth-order valence-corrected chi connectivity index (χ4v) is 5.96.